The minimum absolute atomic E-state index is 0.120. The summed E-state index contributed by atoms with van der Waals surface area (Å²) in [7, 11) is 0. The topological polar surface area (TPSA) is 143 Å². The minimum Gasteiger partial charge on any atom is -0.476 e. The van der Waals surface area contributed by atoms with Crippen molar-refractivity contribution in [1.82, 2.24) is 25.2 Å². The summed E-state index contributed by atoms with van der Waals surface area (Å²) in [6.07, 6.45) is 1.31. The van der Waals surface area contributed by atoms with Crippen LogP contribution in [0.1, 0.15) is 23.5 Å². The second-order valence-electron chi connectivity index (χ2n) is 4.52. The highest BCUT2D eigenvalue weighted by Gasteiger charge is 2.34. The summed E-state index contributed by atoms with van der Waals surface area (Å²) in [5.41, 5.74) is 4.90. The fourth-order valence-corrected chi connectivity index (χ4v) is 1.69. The fraction of sp³-hybridized carbons (Fsp3) is 0.500. The van der Waals surface area contributed by atoms with Crippen LogP contribution in [0.3, 0.4) is 0 Å². The van der Waals surface area contributed by atoms with E-state index in [4.69, 9.17) is 10.8 Å². The van der Waals surface area contributed by atoms with Gasteiger partial charge in [0, 0.05) is 13.1 Å². The van der Waals surface area contributed by atoms with Gasteiger partial charge < -0.3 is 21.1 Å². The third-order valence-corrected chi connectivity index (χ3v) is 3.02. The second kappa shape index (κ2) is 5.15. The van der Waals surface area contributed by atoms with Crippen LogP contribution in [0.2, 0.25) is 0 Å². The van der Waals surface area contributed by atoms with Crippen LogP contribution in [-0.4, -0.2) is 62.0 Å². The van der Waals surface area contributed by atoms with Gasteiger partial charge in [0.15, 0.2) is 5.69 Å². The molecule has 1 aromatic heterocycles. The molecule has 10 nitrogen and oxygen atoms in total. The van der Waals surface area contributed by atoms with Gasteiger partial charge in [-0.1, -0.05) is 5.21 Å². The van der Waals surface area contributed by atoms with E-state index in [9.17, 15) is 14.4 Å². The zero-order valence-corrected chi connectivity index (χ0v) is 10.7. The van der Waals surface area contributed by atoms with Crippen LogP contribution < -0.4 is 11.1 Å². The number of carbonyl (C=O) groups excluding carboxylic acids is 2. The highest BCUT2D eigenvalue weighted by Crippen LogP contribution is 2.20. The predicted molar refractivity (Wildman–Crippen MR) is 64.8 cm³/mol. The van der Waals surface area contributed by atoms with Crippen LogP contribution in [0.5, 0.6) is 0 Å². The number of nitrogens with two attached hydrogens (primary N) is 1. The van der Waals surface area contributed by atoms with Crippen molar-refractivity contribution in [3.63, 3.8) is 0 Å². The first-order valence-electron chi connectivity index (χ1n) is 5.88. The number of hydrogen-bond donors (Lipinski definition) is 3. The average Bonchev–Trinajstić information content (AvgIpc) is 2.76. The summed E-state index contributed by atoms with van der Waals surface area (Å²) in [6, 6.07) is -1.26. The molecule has 0 spiro atoms. The number of rotatable bonds is 4. The molecule has 1 fully saturated rings. The Kier molecular flexibility index (Phi) is 3.55. The molecule has 1 aromatic rings. The first kappa shape index (κ1) is 13.8. The van der Waals surface area contributed by atoms with Crippen molar-refractivity contribution in [2.24, 2.45) is 5.73 Å². The summed E-state index contributed by atoms with van der Waals surface area (Å²) in [5.74, 6) is -1.77. The highest BCUT2D eigenvalue weighted by atomic mass is 16.4. The molecule has 1 unspecified atom stereocenters. The largest absolute Gasteiger partial charge is 0.476 e. The van der Waals surface area contributed by atoms with Crippen molar-refractivity contribution >= 4 is 17.9 Å². The molecule has 0 aliphatic carbocycles. The number of hydrogen-bond acceptors (Lipinski definition) is 5. The fourth-order valence-electron chi connectivity index (χ4n) is 1.69. The molecule has 0 aromatic carbocycles. The van der Waals surface area contributed by atoms with Crippen LogP contribution >= 0.6 is 0 Å². The Bertz CT molecular complexity index is 550. The maximum Gasteiger partial charge on any atom is 0.358 e. The molecule has 1 aliphatic heterocycles. The summed E-state index contributed by atoms with van der Waals surface area (Å²) < 4.78 is 1.41. The molecule has 3 amide bonds. The SMILES string of the molecule is CC(NC(=O)N1CC(n2cc(C(=O)O)nn2)C1)C(N)=O. The zero-order valence-electron chi connectivity index (χ0n) is 10.7. The van der Waals surface area contributed by atoms with Crippen molar-refractivity contribution in [2.75, 3.05) is 13.1 Å². The maximum absolute atomic E-state index is 11.7. The molecule has 0 bridgehead atoms. The number of primary amides is 1. The quantitative estimate of drug-likeness (QED) is 0.607. The molecule has 4 N–H and O–H groups in total. The lowest BCUT2D eigenvalue weighted by atomic mass is 10.1. The molecule has 2 rings (SSSR count). The smallest absolute Gasteiger partial charge is 0.358 e. The van der Waals surface area contributed by atoms with E-state index < -0.39 is 23.9 Å². The van der Waals surface area contributed by atoms with Gasteiger partial charge in [-0.25, -0.2) is 14.3 Å². The summed E-state index contributed by atoms with van der Waals surface area (Å²) >= 11 is 0. The molecule has 0 saturated carbocycles. The lowest BCUT2D eigenvalue weighted by Crippen LogP contribution is -2.57. The Morgan fingerprint density at radius 3 is 2.65 bits per heavy atom. The number of carbonyl (C=O) groups is 3. The van der Waals surface area contributed by atoms with Gasteiger partial charge in [0.1, 0.15) is 6.04 Å². The van der Waals surface area contributed by atoms with Crippen molar-refractivity contribution in [3.8, 4) is 0 Å². The summed E-state index contributed by atoms with van der Waals surface area (Å²) in [4.78, 5) is 34.7. The molecule has 1 saturated heterocycles. The zero-order chi connectivity index (χ0) is 14.9. The Hall–Kier alpha value is -2.65. The number of likely N-dealkylation sites (tertiary alicyclic amines) is 1. The lowest BCUT2D eigenvalue weighted by molar-refractivity contribution is -0.119. The molecule has 10 heteroatoms. The number of carboxylic acid groups (broad SMARTS) is 1. The molecular formula is C10H14N6O4. The van der Waals surface area contributed by atoms with Crippen LogP contribution in [0.15, 0.2) is 6.20 Å². The number of aromatic carboxylic acids is 1. The standard InChI is InChI=1S/C10H14N6O4/c1-5(8(11)17)12-10(20)15-2-6(3-15)16-4-7(9(18)19)13-14-16/h4-6H,2-3H2,1H3,(H2,11,17)(H,12,20)(H,18,19). The van der Waals surface area contributed by atoms with E-state index in [1.54, 1.807) is 0 Å². The van der Waals surface area contributed by atoms with Crippen LogP contribution in [0.25, 0.3) is 0 Å². The van der Waals surface area contributed by atoms with E-state index in [0.717, 1.165) is 0 Å². The van der Waals surface area contributed by atoms with Crippen molar-refractivity contribution in [2.45, 2.75) is 19.0 Å². The van der Waals surface area contributed by atoms with Crippen molar-refractivity contribution < 1.29 is 19.5 Å². The third kappa shape index (κ3) is 2.68. The number of nitrogens with one attached hydrogen (secondary N) is 1. The van der Waals surface area contributed by atoms with Gasteiger partial charge in [0.05, 0.1) is 12.2 Å². The van der Waals surface area contributed by atoms with E-state index in [2.05, 4.69) is 15.6 Å². The highest BCUT2D eigenvalue weighted by molar-refractivity contribution is 5.86. The number of amides is 3. The molecule has 2 heterocycles. The van der Waals surface area contributed by atoms with E-state index in [0.29, 0.717) is 13.1 Å². The van der Waals surface area contributed by atoms with Crippen LogP contribution in [0, 0.1) is 0 Å². The Labute approximate surface area is 113 Å². The first-order valence-corrected chi connectivity index (χ1v) is 5.88. The normalized spacial score (nSPS) is 16.4. The molecule has 0 radical (unpaired) electrons. The van der Waals surface area contributed by atoms with Gasteiger partial charge in [0.25, 0.3) is 0 Å². The van der Waals surface area contributed by atoms with Gasteiger partial charge in [-0.2, -0.15) is 0 Å². The monoisotopic (exact) mass is 282 g/mol. The van der Waals surface area contributed by atoms with E-state index in [1.807, 2.05) is 0 Å². The number of urea groups is 1. The predicted octanol–water partition coefficient (Wildman–Crippen LogP) is -1.58. The molecular weight excluding hydrogens is 268 g/mol. The molecule has 1 aliphatic rings. The van der Waals surface area contributed by atoms with Gasteiger partial charge in [-0.05, 0) is 6.92 Å². The molecule has 108 valence electrons. The number of nitrogens with zero attached hydrogens (tertiary/aromatic N) is 4. The van der Waals surface area contributed by atoms with Gasteiger partial charge in [-0.3, -0.25) is 4.79 Å². The molecule has 20 heavy (non-hydrogen) atoms. The minimum atomic E-state index is -1.15. The Morgan fingerprint density at radius 2 is 2.15 bits per heavy atom. The first-order chi connectivity index (χ1) is 9.38. The third-order valence-electron chi connectivity index (χ3n) is 3.02. The number of carboxylic acids is 1. The number of aromatic nitrogens is 3. The summed E-state index contributed by atoms with van der Waals surface area (Å²) in [5, 5.41) is 18.4. The van der Waals surface area contributed by atoms with Crippen molar-refractivity contribution in [1.29, 1.82) is 0 Å². The van der Waals surface area contributed by atoms with Crippen LogP contribution in [0.4, 0.5) is 4.79 Å². The lowest BCUT2D eigenvalue weighted by Gasteiger charge is -2.39. The van der Waals surface area contributed by atoms with Crippen LogP contribution in [-0.2, 0) is 4.79 Å². The van der Waals surface area contributed by atoms with E-state index in [-0.39, 0.29) is 11.7 Å². The molecule has 1 atom stereocenters. The van der Waals surface area contributed by atoms with E-state index >= 15 is 0 Å². The Morgan fingerprint density at radius 1 is 1.50 bits per heavy atom. The van der Waals surface area contributed by atoms with Gasteiger partial charge >= 0.3 is 12.0 Å². The van der Waals surface area contributed by atoms with Gasteiger partial charge in [-0.15, -0.1) is 5.10 Å². The van der Waals surface area contributed by atoms with Gasteiger partial charge in [0.2, 0.25) is 5.91 Å². The second-order valence-corrected chi connectivity index (χ2v) is 4.52. The van der Waals surface area contributed by atoms with Crippen molar-refractivity contribution in [3.05, 3.63) is 11.9 Å². The Balaban J connectivity index is 1.86. The average molecular weight is 282 g/mol. The maximum atomic E-state index is 11.7. The van der Waals surface area contributed by atoms with E-state index in [1.165, 1.54) is 22.7 Å². The summed E-state index contributed by atoms with van der Waals surface area (Å²) in [6.45, 7) is 2.22.